The molecule has 31 heavy (non-hydrogen) atoms. The number of hydrogen-bond acceptors (Lipinski definition) is 8. The quantitative estimate of drug-likeness (QED) is 0.612. The van der Waals surface area contributed by atoms with Gasteiger partial charge in [0, 0.05) is 52.9 Å². The van der Waals surface area contributed by atoms with Gasteiger partial charge in [-0.25, -0.2) is 9.97 Å². The zero-order valence-electron chi connectivity index (χ0n) is 19.5. The van der Waals surface area contributed by atoms with Gasteiger partial charge in [0.2, 0.25) is 0 Å². The largest absolute Gasteiger partial charge is 0.492 e. The molecule has 0 unspecified atom stereocenters. The summed E-state index contributed by atoms with van der Waals surface area (Å²) in [4.78, 5) is 17.1. The van der Waals surface area contributed by atoms with Gasteiger partial charge in [0.15, 0.2) is 0 Å². The van der Waals surface area contributed by atoms with Crippen molar-refractivity contribution in [2.24, 2.45) is 0 Å². The van der Waals surface area contributed by atoms with Gasteiger partial charge < -0.3 is 24.5 Å². The van der Waals surface area contributed by atoms with E-state index in [2.05, 4.69) is 43.8 Å². The number of likely N-dealkylation sites (N-methyl/N-ethyl adjacent to an activating group) is 2. The van der Waals surface area contributed by atoms with E-state index in [0.717, 1.165) is 43.4 Å². The molecule has 1 aromatic carbocycles. The number of benzene rings is 1. The van der Waals surface area contributed by atoms with E-state index in [1.807, 2.05) is 51.3 Å². The molecule has 1 atom stereocenters. The number of aliphatic hydroxyl groups is 1. The lowest BCUT2D eigenvalue weighted by Crippen LogP contribution is -2.43. The molecule has 1 aromatic heterocycles. The number of nitrogens with zero attached hydrogens (tertiary/aromatic N) is 6. The van der Waals surface area contributed by atoms with Crippen molar-refractivity contribution in [3.63, 3.8) is 0 Å². The second kappa shape index (κ2) is 10.3. The summed E-state index contributed by atoms with van der Waals surface area (Å²) in [6, 6.07) is 10.2. The maximum Gasteiger partial charge on any atom is 0.134 e. The van der Waals surface area contributed by atoms with Crippen LogP contribution in [0.25, 0.3) is 0 Å². The third-order valence-electron chi connectivity index (χ3n) is 5.50. The van der Waals surface area contributed by atoms with E-state index in [-0.39, 0.29) is 0 Å². The number of anilines is 2. The number of hydrogen-bond donors (Lipinski definition) is 1. The normalized spacial score (nSPS) is 18.8. The zero-order valence-corrected chi connectivity index (χ0v) is 19.5. The molecule has 0 amide bonds. The minimum atomic E-state index is -0.757. The third kappa shape index (κ3) is 6.78. The molecule has 1 aliphatic heterocycles. The summed E-state index contributed by atoms with van der Waals surface area (Å²) in [5.41, 5.74) is 0.445. The highest BCUT2D eigenvalue weighted by Crippen LogP contribution is 2.27. The summed E-state index contributed by atoms with van der Waals surface area (Å²) in [6.45, 7) is 4.31. The lowest BCUT2D eigenvalue weighted by atomic mass is 10.0. The molecular weight excluding hydrogens is 392 g/mol. The standard InChI is InChI=1S/C23H36N6O2/c1-26(2)12-13-31-20-8-6-19(7-9-20)15-28(5)16-23(30)10-11-29(17-23)22-14-21(27(3)4)24-18-25-22/h6-9,14,18,30H,10-13,15-17H2,1-5H3/t23-/m1/s1. The van der Waals surface area contributed by atoms with Crippen molar-refractivity contribution in [1.82, 2.24) is 19.8 Å². The minimum Gasteiger partial charge on any atom is -0.492 e. The molecular formula is C23H36N6O2. The molecule has 1 saturated heterocycles. The lowest BCUT2D eigenvalue weighted by Gasteiger charge is -2.29. The number of β-amino-alcohol motifs (C(OH)–C–C–N with tert-alkyl or cyclic N) is 1. The average Bonchev–Trinajstić information content (AvgIpc) is 3.10. The van der Waals surface area contributed by atoms with Gasteiger partial charge in [0.25, 0.3) is 0 Å². The molecule has 2 heterocycles. The highest BCUT2D eigenvalue weighted by molar-refractivity contribution is 5.50. The van der Waals surface area contributed by atoms with Crippen LogP contribution in [0.3, 0.4) is 0 Å². The SMILES string of the molecule is CN(C)CCOc1ccc(CN(C)C[C@]2(O)CCN(c3cc(N(C)C)ncn3)C2)cc1. The third-order valence-corrected chi connectivity index (χ3v) is 5.50. The zero-order chi connectivity index (χ0) is 22.4. The van der Waals surface area contributed by atoms with Gasteiger partial charge in [-0.2, -0.15) is 0 Å². The Labute approximate surface area is 186 Å². The fourth-order valence-electron chi connectivity index (χ4n) is 3.84. The smallest absolute Gasteiger partial charge is 0.134 e. The van der Waals surface area contributed by atoms with Crippen LogP contribution in [0.2, 0.25) is 0 Å². The summed E-state index contributed by atoms with van der Waals surface area (Å²) >= 11 is 0. The predicted molar refractivity (Wildman–Crippen MR) is 125 cm³/mol. The Morgan fingerprint density at radius 1 is 1.10 bits per heavy atom. The highest BCUT2D eigenvalue weighted by Gasteiger charge is 2.37. The Hall–Kier alpha value is -2.42. The van der Waals surface area contributed by atoms with E-state index in [4.69, 9.17) is 4.74 Å². The number of ether oxygens (including phenoxy) is 1. The van der Waals surface area contributed by atoms with Crippen molar-refractivity contribution in [1.29, 1.82) is 0 Å². The monoisotopic (exact) mass is 428 g/mol. The Balaban J connectivity index is 1.51. The number of aromatic nitrogens is 2. The van der Waals surface area contributed by atoms with Crippen LogP contribution in [0, 0.1) is 0 Å². The first-order chi connectivity index (χ1) is 14.7. The van der Waals surface area contributed by atoms with Gasteiger partial charge in [-0.15, -0.1) is 0 Å². The Kier molecular flexibility index (Phi) is 7.69. The molecule has 0 saturated carbocycles. The maximum atomic E-state index is 11.2. The average molecular weight is 429 g/mol. The first-order valence-electron chi connectivity index (χ1n) is 10.8. The summed E-state index contributed by atoms with van der Waals surface area (Å²) in [7, 11) is 10.0. The molecule has 3 rings (SSSR count). The van der Waals surface area contributed by atoms with E-state index in [1.54, 1.807) is 6.33 Å². The lowest BCUT2D eigenvalue weighted by molar-refractivity contribution is 0.0279. The Bertz CT molecular complexity index is 829. The molecule has 170 valence electrons. The van der Waals surface area contributed by atoms with Crippen molar-refractivity contribution < 1.29 is 9.84 Å². The predicted octanol–water partition coefficient (Wildman–Crippen LogP) is 1.56. The van der Waals surface area contributed by atoms with E-state index < -0.39 is 5.60 Å². The number of rotatable bonds is 10. The fourth-order valence-corrected chi connectivity index (χ4v) is 3.84. The van der Waals surface area contributed by atoms with Crippen molar-refractivity contribution in [2.45, 2.75) is 18.6 Å². The molecule has 0 aliphatic carbocycles. The van der Waals surface area contributed by atoms with Crippen LogP contribution in [-0.4, -0.2) is 98.5 Å². The fraction of sp³-hybridized carbons (Fsp3) is 0.565. The van der Waals surface area contributed by atoms with Crippen LogP contribution in [0.15, 0.2) is 36.7 Å². The van der Waals surface area contributed by atoms with Gasteiger partial charge in [-0.1, -0.05) is 12.1 Å². The van der Waals surface area contributed by atoms with Crippen LogP contribution in [0.4, 0.5) is 11.6 Å². The van der Waals surface area contributed by atoms with Gasteiger partial charge in [-0.05, 0) is 45.3 Å². The molecule has 1 aliphatic rings. The molecule has 1 N–H and O–H groups in total. The van der Waals surface area contributed by atoms with E-state index in [1.165, 1.54) is 5.56 Å². The first kappa shape index (κ1) is 23.2. The van der Waals surface area contributed by atoms with Crippen LogP contribution < -0.4 is 14.5 Å². The molecule has 2 aromatic rings. The van der Waals surface area contributed by atoms with Crippen LogP contribution in [-0.2, 0) is 6.54 Å². The van der Waals surface area contributed by atoms with Crippen LogP contribution >= 0.6 is 0 Å². The Morgan fingerprint density at radius 3 is 2.52 bits per heavy atom. The van der Waals surface area contributed by atoms with E-state index >= 15 is 0 Å². The second-order valence-electron chi connectivity index (χ2n) is 8.99. The van der Waals surface area contributed by atoms with E-state index in [0.29, 0.717) is 19.7 Å². The van der Waals surface area contributed by atoms with Gasteiger partial charge in [-0.3, -0.25) is 4.90 Å². The molecule has 0 spiro atoms. The van der Waals surface area contributed by atoms with Crippen LogP contribution in [0.5, 0.6) is 5.75 Å². The molecule has 0 radical (unpaired) electrons. The first-order valence-corrected chi connectivity index (χ1v) is 10.8. The maximum absolute atomic E-state index is 11.2. The minimum absolute atomic E-state index is 0.569. The van der Waals surface area contributed by atoms with Crippen LogP contribution in [0.1, 0.15) is 12.0 Å². The van der Waals surface area contributed by atoms with Crippen molar-refractivity contribution in [3.8, 4) is 5.75 Å². The van der Waals surface area contributed by atoms with Crippen molar-refractivity contribution >= 4 is 11.6 Å². The van der Waals surface area contributed by atoms with Crippen molar-refractivity contribution in [3.05, 3.63) is 42.2 Å². The van der Waals surface area contributed by atoms with Crippen molar-refractivity contribution in [2.75, 3.05) is 77.8 Å². The van der Waals surface area contributed by atoms with Gasteiger partial charge >= 0.3 is 0 Å². The summed E-state index contributed by atoms with van der Waals surface area (Å²) in [5, 5.41) is 11.2. The summed E-state index contributed by atoms with van der Waals surface area (Å²) in [6.07, 6.45) is 2.30. The summed E-state index contributed by atoms with van der Waals surface area (Å²) < 4.78 is 5.76. The topological polar surface area (TPSA) is 68.2 Å². The molecule has 8 heteroatoms. The summed E-state index contributed by atoms with van der Waals surface area (Å²) in [5.74, 6) is 2.62. The van der Waals surface area contributed by atoms with Gasteiger partial charge in [0.05, 0.1) is 5.60 Å². The molecule has 0 bridgehead atoms. The Morgan fingerprint density at radius 2 is 1.84 bits per heavy atom. The second-order valence-corrected chi connectivity index (χ2v) is 8.99. The molecule has 8 nitrogen and oxygen atoms in total. The van der Waals surface area contributed by atoms with Gasteiger partial charge in [0.1, 0.15) is 30.3 Å². The van der Waals surface area contributed by atoms with E-state index in [9.17, 15) is 5.11 Å². The molecule has 1 fully saturated rings. The highest BCUT2D eigenvalue weighted by atomic mass is 16.5.